The molecule has 0 spiro atoms. The fraction of sp³-hybridized carbons (Fsp3) is 0.389. The first kappa shape index (κ1) is 15.1. The molecule has 1 N–H and O–H groups in total. The summed E-state index contributed by atoms with van der Waals surface area (Å²) in [6.45, 7) is 0.711. The highest BCUT2D eigenvalue weighted by Crippen LogP contribution is 2.40. The van der Waals surface area contributed by atoms with Crippen molar-refractivity contribution >= 4 is 22.8 Å². The summed E-state index contributed by atoms with van der Waals surface area (Å²) in [5.41, 5.74) is 2.38. The average molecular weight is 326 g/mol. The van der Waals surface area contributed by atoms with Crippen molar-refractivity contribution in [1.29, 1.82) is 0 Å². The van der Waals surface area contributed by atoms with Crippen LogP contribution in [-0.4, -0.2) is 52.7 Å². The summed E-state index contributed by atoms with van der Waals surface area (Å²) >= 11 is 0. The largest absolute Gasteiger partial charge is 0.479 e. The summed E-state index contributed by atoms with van der Waals surface area (Å²) in [6, 6.07) is 9.48. The summed E-state index contributed by atoms with van der Waals surface area (Å²) in [4.78, 5) is 30.4. The number of aliphatic carboxylic acids is 1. The normalized spacial score (nSPS) is 21.0. The van der Waals surface area contributed by atoms with E-state index in [0.29, 0.717) is 18.0 Å². The Morgan fingerprint density at radius 3 is 2.79 bits per heavy atom. The number of nitrogens with zero attached hydrogens (tertiary/aromatic N) is 2. The SMILES string of the molecule is O=C(O)C1CN(C(=O)c2cc(C3CC3)nc3ccccc23)CCO1. The van der Waals surface area contributed by atoms with E-state index >= 15 is 0 Å². The van der Waals surface area contributed by atoms with Gasteiger partial charge in [0, 0.05) is 23.5 Å². The average Bonchev–Trinajstić information content (AvgIpc) is 3.45. The molecule has 1 amide bonds. The second-order valence-corrected chi connectivity index (χ2v) is 6.33. The summed E-state index contributed by atoms with van der Waals surface area (Å²) in [5.74, 6) is -0.742. The van der Waals surface area contributed by atoms with Crippen LogP contribution < -0.4 is 0 Å². The molecule has 2 fully saturated rings. The predicted octanol–water partition coefficient (Wildman–Crippen LogP) is 2.04. The van der Waals surface area contributed by atoms with Crippen molar-refractivity contribution in [3.63, 3.8) is 0 Å². The van der Waals surface area contributed by atoms with E-state index in [1.54, 1.807) is 4.90 Å². The van der Waals surface area contributed by atoms with Gasteiger partial charge >= 0.3 is 5.97 Å². The van der Waals surface area contributed by atoms with Gasteiger partial charge in [-0.2, -0.15) is 0 Å². The van der Waals surface area contributed by atoms with Crippen molar-refractivity contribution in [2.24, 2.45) is 0 Å². The van der Waals surface area contributed by atoms with Crippen molar-refractivity contribution in [1.82, 2.24) is 9.88 Å². The number of hydrogen-bond donors (Lipinski definition) is 1. The molecule has 124 valence electrons. The maximum atomic E-state index is 13.0. The van der Waals surface area contributed by atoms with Crippen LogP contribution in [0, 0.1) is 0 Å². The van der Waals surface area contributed by atoms with Gasteiger partial charge in [0.25, 0.3) is 5.91 Å². The topological polar surface area (TPSA) is 79.7 Å². The van der Waals surface area contributed by atoms with Gasteiger partial charge in [-0.25, -0.2) is 4.79 Å². The molecule has 1 aliphatic carbocycles. The molecule has 1 atom stereocenters. The number of carbonyl (C=O) groups excluding carboxylic acids is 1. The molecule has 2 aliphatic rings. The van der Waals surface area contributed by atoms with Crippen molar-refractivity contribution < 1.29 is 19.4 Å². The van der Waals surface area contributed by atoms with Crippen LogP contribution in [0.5, 0.6) is 0 Å². The maximum Gasteiger partial charge on any atom is 0.334 e. The number of ether oxygens (including phenoxy) is 1. The summed E-state index contributed by atoms with van der Waals surface area (Å²) in [7, 11) is 0. The molecule has 2 aromatic rings. The number of hydrogen-bond acceptors (Lipinski definition) is 4. The maximum absolute atomic E-state index is 13.0. The molecule has 24 heavy (non-hydrogen) atoms. The number of rotatable bonds is 3. The van der Waals surface area contributed by atoms with Crippen LogP contribution in [0.1, 0.15) is 34.8 Å². The number of aromatic nitrogens is 1. The van der Waals surface area contributed by atoms with E-state index in [9.17, 15) is 9.59 Å². The van der Waals surface area contributed by atoms with E-state index in [2.05, 4.69) is 4.98 Å². The van der Waals surface area contributed by atoms with Gasteiger partial charge in [0.2, 0.25) is 0 Å². The van der Waals surface area contributed by atoms with Crippen molar-refractivity contribution in [2.75, 3.05) is 19.7 Å². The molecule has 1 saturated heterocycles. The predicted molar refractivity (Wildman–Crippen MR) is 87.0 cm³/mol. The number of amides is 1. The lowest BCUT2D eigenvalue weighted by molar-refractivity contribution is -0.154. The van der Waals surface area contributed by atoms with Gasteiger partial charge in [-0.1, -0.05) is 18.2 Å². The Morgan fingerprint density at radius 1 is 1.25 bits per heavy atom. The van der Waals surface area contributed by atoms with Crippen LogP contribution in [0.15, 0.2) is 30.3 Å². The van der Waals surface area contributed by atoms with Crippen molar-refractivity contribution in [3.05, 3.63) is 41.6 Å². The fourth-order valence-electron chi connectivity index (χ4n) is 3.11. The van der Waals surface area contributed by atoms with Crippen LogP contribution in [0.25, 0.3) is 10.9 Å². The zero-order valence-electron chi connectivity index (χ0n) is 13.1. The number of fused-ring (bicyclic) bond motifs is 1. The third-order valence-corrected chi connectivity index (χ3v) is 4.59. The van der Waals surface area contributed by atoms with Gasteiger partial charge in [0.15, 0.2) is 6.10 Å². The van der Waals surface area contributed by atoms with Crippen LogP contribution in [0.4, 0.5) is 0 Å². The Bertz CT molecular complexity index is 816. The zero-order valence-corrected chi connectivity index (χ0v) is 13.1. The van der Waals surface area contributed by atoms with Gasteiger partial charge < -0.3 is 14.7 Å². The van der Waals surface area contributed by atoms with Gasteiger partial charge in [-0.15, -0.1) is 0 Å². The Morgan fingerprint density at radius 2 is 2.04 bits per heavy atom. The van der Waals surface area contributed by atoms with E-state index in [4.69, 9.17) is 9.84 Å². The summed E-state index contributed by atoms with van der Waals surface area (Å²) in [5, 5.41) is 9.94. The molecule has 0 radical (unpaired) electrons. The Kier molecular flexibility index (Phi) is 3.69. The van der Waals surface area contributed by atoms with Crippen LogP contribution in [0.3, 0.4) is 0 Å². The third-order valence-electron chi connectivity index (χ3n) is 4.59. The molecular weight excluding hydrogens is 308 g/mol. The third kappa shape index (κ3) is 2.73. The Labute approximate surface area is 139 Å². The van der Waals surface area contributed by atoms with Gasteiger partial charge in [0.1, 0.15) is 0 Å². The standard InChI is InChI=1S/C18H18N2O4/c21-17(20-7-8-24-16(10-20)18(22)23)13-9-15(11-5-6-11)19-14-4-2-1-3-12(13)14/h1-4,9,11,16H,5-8,10H2,(H,22,23). The van der Waals surface area contributed by atoms with Gasteiger partial charge in [0.05, 0.1) is 24.2 Å². The number of carboxylic acid groups (broad SMARTS) is 1. The van der Waals surface area contributed by atoms with E-state index in [-0.39, 0.29) is 19.1 Å². The monoisotopic (exact) mass is 326 g/mol. The minimum atomic E-state index is -1.04. The number of carboxylic acids is 1. The van der Waals surface area contributed by atoms with Crippen LogP contribution in [-0.2, 0) is 9.53 Å². The lowest BCUT2D eigenvalue weighted by atomic mass is 10.0. The number of pyridine rings is 1. The molecule has 2 heterocycles. The van der Waals surface area contributed by atoms with E-state index < -0.39 is 12.1 Å². The van der Waals surface area contributed by atoms with Crippen LogP contribution >= 0.6 is 0 Å². The lowest BCUT2D eigenvalue weighted by Gasteiger charge is -2.31. The first-order valence-electron chi connectivity index (χ1n) is 8.17. The molecule has 4 rings (SSSR count). The number of benzene rings is 1. The molecule has 1 aliphatic heterocycles. The van der Waals surface area contributed by atoms with Gasteiger partial charge in [-0.3, -0.25) is 9.78 Å². The van der Waals surface area contributed by atoms with E-state index in [1.807, 2.05) is 30.3 Å². The first-order chi connectivity index (χ1) is 11.6. The van der Waals surface area contributed by atoms with Crippen LogP contribution in [0.2, 0.25) is 0 Å². The fourth-order valence-corrected chi connectivity index (χ4v) is 3.11. The van der Waals surface area contributed by atoms with E-state index in [0.717, 1.165) is 29.4 Å². The minimum absolute atomic E-state index is 0.0730. The first-order valence-corrected chi connectivity index (χ1v) is 8.17. The molecule has 6 nitrogen and oxygen atoms in total. The van der Waals surface area contributed by atoms with Crippen molar-refractivity contribution in [2.45, 2.75) is 24.9 Å². The molecule has 6 heteroatoms. The number of carbonyl (C=O) groups is 2. The summed E-state index contributed by atoms with van der Waals surface area (Å²) < 4.78 is 5.21. The molecular formula is C18H18N2O4. The molecule has 1 unspecified atom stereocenters. The quantitative estimate of drug-likeness (QED) is 0.933. The van der Waals surface area contributed by atoms with E-state index in [1.165, 1.54) is 0 Å². The Hall–Kier alpha value is -2.47. The number of para-hydroxylation sites is 1. The second-order valence-electron chi connectivity index (χ2n) is 6.33. The second kappa shape index (κ2) is 5.87. The lowest BCUT2D eigenvalue weighted by Crippen LogP contribution is -2.48. The summed E-state index contributed by atoms with van der Waals surface area (Å²) in [6.07, 6.45) is 1.26. The van der Waals surface area contributed by atoms with Crippen molar-refractivity contribution in [3.8, 4) is 0 Å². The highest BCUT2D eigenvalue weighted by molar-refractivity contribution is 6.06. The molecule has 1 aromatic heterocycles. The Balaban J connectivity index is 1.72. The zero-order chi connectivity index (χ0) is 16.7. The highest BCUT2D eigenvalue weighted by atomic mass is 16.5. The highest BCUT2D eigenvalue weighted by Gasteiger charge is 2.32. The number of morpholine rings is 1. The molecule has 0 bridgehead atoms. The molecule has 1 aromatic carbocycles. The smallest absolute Gasteiger partial charge is 0.334 e. The van der Waals surface area contributed by atoms with Gasteiger partial charge in [-0.05, 0) is 25.0 Å². The molecule has 1 saturated carbocycles. The minimum Gasteiger partial charge on any atom is -0.479 e.